The second kappa shape index (κ2) is 8.74. The van der Waals surface area contributed by atoms with Gasteiger partial charge in [-0.15, -0.1) is 0 Å². The number of nitrogens with one attached hydrogen (secondary N) is 1. The van der Waals surface area contributed by atoms with E-state index >= 15 is 0 Å². The van der Waals surface area contributed by atoms with E-state index < -0.39 is 5.54 Å². The topological polar surface area (TPSA) is 41.6 Å². The van der Waals surface area contributed by atoms with Gasteiger partial charge in [0.25, 0.3) is 0 Å². The number of carbonyl (C=O) groups excluding carboxylic acids is 1. The van der Waals surface area contributed by atoms with Gasteiger partial charge in [-0.3, -0.25) is 4.79 Å². The summed E-state index contributed by atoms with van der Waals surface area (Å²) in [7, 11) is 1.89. The number of hydrogen-bond donors (Lipinski definition) is 1. The molecule has 0 aromatic carbocycles. The van der Waals surface area contributed by atoms with Crippen molar-refractivity contribution < 1.29 is 9.53 Å². The highest BCUT2D eigenvalue weighted by Gasteiger charge is 2.44. The average Bonchev–Trinajstić information content (AvgIpc) is 2.52. The van der Waals surface area contributed by atoms with Crippen molar-refractivity contribution >= 4 is 5.97 Å². The van der Waals surface area contributed by atoms with E-state index in [0.717, 1.165) is 32.4 Å². The van der Waals surface area contributed by atoms with Gasteiger partial charge in [-0.05, 0) is 52.1 Å². The zero-order chi connectivity index (χ0) is 15.9. The van der Waals surface area contributed by atoms with E-state index in [1.807, 2.05) is 14.0 Å². The summed E-state index contributed by atoms with van der Waals surface area (Å²) in [5.74, 6) is 0.634. The summed E-state index contributed by atoms with van der Waals surface area (Å²) in [6.45, 7) is 11.3. The summed E-state index contributed by atoms with van der Waals surface area (Å²) in [6, 6.07) is 0.481. The van der Waals surface area contributed by atoms with Crippen molar-refractivity contribution in [1.29, 1.82) is 0 Å². The molecule has 0 aliphatic heterocycles. The molecule has 0 spiro atoms. The van der Waals surface area contributed by atoms with Gasteiger partial charge in [0.15, 0.2) is 0 Å². The van der Waals surface area contributed by atoms with E-state index in [1.165, 1.54) is 12.8 Å². The van der Waals surface area contributed by atoms with Crippen LogP contribution in [0, 0.1) is 5.92 Å². The van der Waals surface area contributed by atoms with E-state index in [1.54, 1.807) is 0 Å². The molecule has 1 rings (SSSR count). The summed E-state index contributed by atoms with van der Waals surface area (Å²) in [6.07, 6.45) is 5.24. The minimum absolute atomic E-state index is 0.0724. The first-order chi connectivity index (χ1) is 10.0. The Morgan fingerprint density at radius 1 is 1.43 bits per heavy atom. The van der Waals surface area contributed by atoms with E-state index in [-0.39, 0.29) is 5.97 Å². The maximum atomic E-state index is 12.4. The van der Waals surface area contributed by atoms with E-state index in [9.17, 15) is 4.79 Å². The van der Waals surface area contributed by atoms with Gasteiger partial charge in [0.1, 0.15) is 5.54 Å². The molecule has 0 aromatic heterocycles. The predicted octanol–water partition coefficient (Wildman–Crippen LogP) is 2.82. The maximum absolute atomic E-state index is 12.4. The molecule has 21 heavy (non-hydrogen) atoms. The Morgan fingerprint density at radius 2 is 2.14 bits per heavy atom. The number of rotatable bonds is 8. The largest absolute Gasteiger partial charge is 0.465 e. The third kappa shape index (κ3) is 4.68. The van der Waals surface area contributed by atoms with E-state index in [0.29, 0.717) is 18.6 Å². The molecule has 4 heteroatoms. The number of esters is 1. The van der Waals surface area contributed by atoms with Crippen LogP contribution in [0.5, 0.6) is 0 Å². The highest BCUT2D eigenvalue weighted by Crippen LogP contribution is 2.32. The van der Waals surface area contributed by atoms with Crippen LogP contribution in [0.1, 0.15) is 59.8 Å². The van der Waals surface area contributed by atoms with Crippen LogP contribution in [0.25, 0.3) is 0 Å². The molecule has 4 nitrogen and oxygen atoms in total. The summed E-state index contributed by atoms with van der Waals surface area (Å²) >= 11 is 0. The van der Waals surface area contributed by atoms with Gasteiger partial charge in [0.05, 0.1) is 6.61 Å². The molecule has 0 aromatic rings. The van der Waals surface area contributed by atoms with Crippen molar-refractivity contribution in [3.8, 4) is 0 Å². The monoisotopic (exact) mass is 298 g/mol. The lowest BCUT2D eigenvalue weighted by atomic mass is 9.78. The zero-order valence-corrected chi connectivity index (χ0v) is 14.6. The van der Waals surface area contributed by atoms with Crippen LogP contribution in [0.15, 0.2) is 0 Å². The second-order valence-corrected chi connectivity index (χ2v) is 6.40. The summed E-state index contributed by atoms with van der Waals surface area (Å²) < 4.78 is 5.32. The Labute approximate surface area is 130 Å². The smallest absolute Gasteiger partial charge is 0.326 e. The van der Waals surface area contributed by atoms with Gasteiger partial charge in [-0.1, -0.05) is 27.2 Å². The minimum atomic E-state index is -0.484. The number of ether oxygens (including phenoxy) is 1. The Balaban J connectivity index is 2.78. The first-order valence-electron chi connectivity index (χ1n) is 8.63. The second-order valence-electron chi connectivity index (χ2n) is 6.40. The zero-order valence-electron chi connectivity index (χ0n) is 14.6. The molecule has 3 unspecified atom stereocenters. The van der Waals surface area contributed by atoms with Crippen LogP contribution < -0.4 is 5.32 Å². The molecular formula is C17H34N2O2. The highest BCUT2D eigenvalue weighted by atomic mass is 16.5. The molecule has 1 N–H and O–H groups in total. The van der Waals surface area contributed by atoms with Crippen molar-refractivity contribution in [2.75, 3.05) is 26.7 Å². The van der Waals surface area contributed by atoms with Crippen molar-refractivity contribution in [2.45, 2.75) is 71.4 Å². The predicted molar refractivity (Wildman–Crippen MR) is 87.4 cm³/mol. The lowest BCUT2D eigenvalue weighted by molar-refractivity contribution is -0.153. The van der Waals surface area contributed by atoms with Crippen LogP contribution in [-0.4, -0.2) is 49.2 Å². The van der Waals surface area contributed by atoms with Crippen LogP contribution in [-0.2, 0) is 9.53 Å². The standard InChI is InChI=1S/C17H34N2O2/c1-6-14(4)13-19(7-2)15-10-9-11-17(12-15,18-5)16(20)21-8-3/h14-15,18H,6-13H2,1-5H3. The van der Waals surface area contributed by atoms with Crippen molar-refractivity contribution in [1.82, 2.24) is 10.2 Å². The quantitative estimate of drug-likeness (QED) is 0.700. The third-order valence-corrected chi connectivity index (χ3v) is 5.04. The van der Waals surface area contributed by atoms with Gasteiger partial charge in [-0.2, -0.15) is 0 Å². The molecule has 1 saturated carbocycles. The molecule has 0 heterocycles. The van der Waals surface area contributed by atoms with Gasteiger partial charge in [0.2, 0.25) is 0 Å². The van der Waals surface area contributed by atoms with Crippen LogP contribution >= 0.6 is 0 Å². The molecule has 124 valence electrons. The molecule has 0 saturated heterocycles. The lowest BCUT2D eigenvalue weighted by Gasteiger charge is -2.43. The van der Waals surface area contributed by atoms with Gasteiger partial charge < -0.3 is 15.0 Å². The Morgan fingerprint density at radius 3 is 2.67 bits per heavy atom. The molecule has 3 atom stereocenters. The highest BCUT2D eigenvalue weighted by molar-refractivity contribution is 5.81. The number of hydrogen-bond acceptors (Lipinski definition) is 4. The molecule has 1 aliphatic carbocycles. The average molecular weight is 298 g/mol. The van der Waals surface area contributed by atoms with Crippen LogP contribution in [0.3, 0.4) is 0 Å². The maximum Gasteiger partial charge on any atom is 0.326 e. The molecular weight excluding hydrogens is 264 g/mol. The normalized spacial score (nSPS) is 27.6. The fourth-order valence-corrected chi connectivity index (χ4v) is 3.41. The number of nitrogens with zero attached hydrogens (tertiary/aromatic N) is 1. The molecule has 1 fully saturated rings. The van der Waals surface area contributed by atoms with Crippen molar-refractivity contribution in [3.05, 3.63) is 0 Å². The van der Waals surface area contributed by atoms with Gasteiger partial charge in [-0.25, -0.2) is 0 Å². The molecule has 0 radical (unpaired) electrons. The first-order valence-corrected chi connectivity index (χ1v) is 8.63. The van der Waals surface area contributed by atoms with E-state index in [4.69, 9.17) is 4.74 Å². The van der Waals surface area contributed by atoms with Crippen LogP contribution in [0.4, 0.5) is 0 Å². The Hall–Kier alpha value is -0.610. The SMILES string of the molecule is CCOC(=O)C1(NC)CCCC(N(CC)CC(C)CC)C1. The third-order valence-electron chi connectivity index (χ3n) is 5.04. The number of carbonyl (C=O) groups is 1. The van der Waals surface area contributed by atoms with Gasteiger partial charge >= 0.3 is 5.97 Å². The van der Waals surface area contributed by atoms with E-state index in [2.05, 4.69) is 31.0 Å². The Kier molecular flexibility index (Phi) is 7.67. The van der Waals surface area contributed by atoms with Gasteiger partial charge in [0, 0.05) is 12.6 Å². The minimum Gasteiger partial charge on any atom is -0.465 e. The van der Waals surface area contributed by atoms with Crippen LogP contribution in [0.2, 0.25) is 0 Å². The lowest BCUT2D eigenvalue weighted by Crippen LogP contribution is -2.58. The fourth-order valence-electron chi connectivity index (χ4n) is 3.41. The molecule has 1 aliphatic rings. The summed E-state index contributed by atoms with van der Waals surface area (Å²) in [5.41, 5.74) is -0.484. The molecule has 0 amide bonds. The summed E-state index contributed by atoms with van der Waals surface area (Å²) in [5, 5.41) is 3.28. The molecule has 0 bridgehead atoms. The summed E-state index contributed by atoms with van der Waals surface area (Å²) in [4.78, 5) is 14.9. The fraction of sp³-hybridized carbons (Fsp3) is 0.941. The first kappa shape index (κ1) is 18.4. The Bertz CT molecular complexity index is 322. The number of likely N-dealkylation sites (N-methyl/N-ethyl adjacent to an activating group) is 1. The van der Waals surface area contributed by atoms with Crippen molar-refractivity contribution in [2.24, 2.45) is 5.92 Å². The van der Waals surface area contributed by atoms with Crippen molar-refractivity contribution in [3.63, 3.8) is 0 Å².